The minimum absolute atomic E-state index is 0.0466. The van der Waals surface area contributed by atoms with Crippen molar-refractivity contribution in [2.45, 2.75) is 57.2 Å². The van der Waals surface area contributed by atoms with Crippen LogP contribution >= 0.6 is 0 Å². The van der Waals surface area contributed by atoms with E-state index in [9.17, 15) is 4.79 Å². The van der Waals surface area contributed by atoms with Crippen LogP contribution in [0.4, 0.5) is 4.79 Å². The van der Waals surface area contributed by atoms with Crippen molar-refractivity contribution in [3.05, 3.63) is 35.9 Å². The summed E-state index contributed by atoms with van der Waals surface area (Å²) in [6, 6.07) is 10.2. The maximum absolute atomic E-state index is 11.9. The van der Waals surface area contributed by atoms with Crippen LogP contribution in [0.2, 0.25) is 0 Å². The lowest BCUT2D eigenvalue weighted by atomic mass is 9.94. The molecule has 2 amide bonds. The molecular formula is C18H29N3O2. The van der Waals surface area contributed by atoms with Gasteiger partial charge in [-0.05, 0) is 32.3 Å². The monoisotopic (exact) mass is 319 g/mol. The molecule has 1 aromatic carbocycles. The number of aliphatic hydroxyl groups excluding tert-OH is 1. The van der Waals surface area contributed by atoms with Gasteiger partial charge in [-0.25, -0.2) is 4.79 Å². The van der Waals surface area contributed by atoms with Gasteiger partial charge in [0.2, 0.25) is 0 Å². The van der Waals surface area contributed by atoms with Crippen molar-refractivity contribution in [3.63, 3.8) is 0 Å². The molecule has 2 atom stereocenters. The van der Waals surface area contributed by atoms with Gasteiger partial charge in [0.15, 0.2) is 0 Å². The molecule has 2 rings (SSSR count). The number of carbonyl (C=O) groups excluding carboxylic acids is 1. The lowest BCUT2D eigenvalue weighted by Crippen LogP contribution is -2.54. The average molecular weight is 319 g/mol. The van der Waals surface area contributed by atoms with Crippen LogP contribution in [0.3, 0.4) is 0 Å². The number of urea groups is 1. The van der Waals surface area contributed by atoms with Crippen molar-refractivity contribution >= 4 is 6.03 Å². The fourth-order valence-electron chi connectivity index (χ4n) is 3.28. The summed E-state index contributed by atoms with van der Waals surface area (Å²) in [4.78, 5) is 11.9. The van der Waals surface area contributed by atoms with E-state index in [0.29, 0.717) is 6.54 Å². The van der Waals surface area contributed by atoms with Crippen molar-refractivity contribution in [3.8, 4) is 0 Å². The summed E-state index contributed by atoms with van der Waals surface area (Å²) in [6.07, 6.45) is 4.51. The molecule has 0 bridgehead atoms. The Kier molecular flexibility index (Phi) is 6.42. The van der Waals surface area contributed by atoms with E-state index in [1.807, 2.05) is 6.07 Å². The van der Waals surface area contributed by atoms with E-state index < -0.39 is 0 Å². The molecule has 0 aliphatic heterocycles. The summed E-state index contributed by atoms with van der Waals surface area (Å²) in [5.41, 5.74) is 1.21. The van der Waals surface area contributed by atoms with Crippen LogP contribution in [0.15, 0.2) is 30.3 Å². The number of benzene rings is 1. The summed E-state index contributed by atoms with van der Waals surface area (Å²) in [5.74, 6) is 0. The zero-order valence-corrected chi connectivity index (χ0v) is 14.1. The van der Waals surface area contributed by atoms with E-state index in [4.69, 9.17) is 5.11 Å². The van der Waals surface area contributed by atoms with E-state index in [1.54, 1.807) is 6.92 Å². The number of aliphatic hydroxyl groups is 1. The topological polar surface area (TPSA) is 73.4 Å². The van der Waals surface area contributed by atoms with Gasteiger partial charge in [-0.2, -0.15) is 0 Å². The number of nitrogens with one attached hydrogen (secondary N) is 3. The largest absolute Gasteiger partial charge is 0.394 e. The first kappa shape index (κ1) is 17.8. The van der Waals surface area contributed by atoms with Gasteiger partial charge >= 0.3 is 6.03 Å². The normalized spacial score (nSPS) is 19.1. The molecular weight excluding hydrogens is 290 g/mol. The van der Waals surface area contributed by atoms with Gasteiger partial charge in [-0.15, -0.1) is 0 Å². The molecule has 4 N–H and O–H groups in total. The first-order chi connectivity index (χ1) is 11.0. The van der Waals surface area contributed by atoms with Crippen LogP contribution < -0.4 is 16.0 Å². The summed E-state index contributed by atoms with van der Waals surface area (Å²) in [7, 11) is 0. The first-order valence-corrected chi connectivity index (χ1v) is 8.52. The van der Waals surface area contributed by atoms with Gasteiger partial charge in [0, 0.05) is 18.1 Å². The van der Waals surface area contributed by atoms with Crippen molar-refractivity contribution in [2.24, 2.45) is 0 Å². The Bertz CT molecular complexity index is 486. The Morgan fingerprint density at radius 2 is 1.87 bits per heavy atom. The molecule has 0 saturated heterocycles. The summed E-state index contributed by atoms with van der Waals surface area (Å²) < 4.78 is 0. The van der Waals surface area contributed by atoms with Crippen LogP contribution in [-0.2, 0) is 0 Å². The molecule has 2 unspecified atom stereocenters. The van der Waals surface area contributed by atoms with Crippen LogP contribution in [0.25, 0.3) is 0 Å². The molecule has 0 radical (unpaired) electrons. The maximum Gasteiger partial charge on any atom is 0.315 e. The minimum Gasteiger partial charge on any atom is -0.394 e. The molecule has 5 heteroatoms. The Balaban J connectivity index is 1.92. The minimum atomic E-state index is -0.231. The summed E-state index contributed by atoms with van der Waals surface area (Å²) in [6.45, 7) is 4.50. The molecule has 0 aromatic heterocycles. The molecule has 1 aliphatic rings. The highest BCUT2D eigenvalue weighted by Gasteiger charge is 2.35. The molecule has 1 fully saturated rings. The average Bonchev–Trinajstić information content (AvgIpc) is 3.02. The third-order valence-corrected chi connectivity index (χ3v) is 4.62. The number of amides is 2. The molecule has 1 aromatic rings. The lowest BCUT2D eigenvalue weighted by Gasteiger charge is -2.34. The van der Waals surface area contributed by atoms with E-state index in [-0.39, 0.29) is 30.3 Å². The highest BCUT2D eigenvalue weighted by Crippen LogP contribution is 2.31. The highest BCUT2D eigenvalue weighted by molar-refractivity contribution is 5.74. The van der Waals surface area contributed by atoms with Crippen LogP contribution in [0.5, 0.6) is 0 Å². The zero-order chi connectivity index (χ0) is 16.7. The van der Waals surface area contributed by atoms with E-state index >= 15 is 0 Å². The zero-order valence-electron chi connectivity index (χ0n) is 14.1. The second kappa shape index (κ2) is 8.31. The number of rotatable bonds is 7. The summed E-state index contributed by atoms with van der Waals surface area (Å²) in [5, 5.41) is 18.4. The van der Waals surface area contributed by atoms with E-state index in [0.717, 1.165) is 12.8 Å². The van der Waals surface area contributed by atoms with Crippen molar-refractivity contribution in [1.29, 1.82) is 0 Å². The van der Waals surface area contributed by atoms with Gasteiger partial charge in [-0.1, -0.05) is 43.2 Å². The van der Waals surface area contributed by atoms with Crippen molar-refractivity contribution < 1.29 is 9.90 Å². The van der Waals surface area contributed by atoms with Gasteiger partial charge in [0.05, 0.1) is 12.6 Å². The predicted molar refractivity (Wildman–Crippen MR) is 92.3 cm³/mol. The second-order valence-electron chi connectivity index (χ2n) is 6.67. The smallest absolute Gasteiger partial charge is 0.315 e. The Morgan fingerprint density at radius 1 is 1.22 bits per heavy atom. The Hall–Kier alpha value is -1.59. The van der Waals surface area contributed by atoms with Gasteiger partial charge in [0.1, 0.15) is 0 Å². The molecule has 0 heterocycles. The van der Waals surface area contributed by atoms with E-state index in [1.165, 1.54) is 18.4 Å². The Morgan fingerprint density at radius 3 is 2.48 bits per heavy atom. The van der Waals surface area contributed by atoms with Crippen LogP contribution in [-0.4, -0.2) is 35.9 Å². The molecule has 23 heavy (non-hydrogen) atoms. The fourth-order valence-corrected chi connectivity index (χ4v) is 3.28. The fraction of sp³-hybridized carbons (Fsp3) is 0.611. The quantitative estimate of drug-likeness (QED) is 0.623. The first-order valence-electron chi connectivity index (χ1n) is 8.52. The second-order valence-corrected chi connectivity index (χ2v) is 6.67. The number of hydrogen-bond donors (Lipinski definition) is 4. The molecule has 5 nitrogen and oxygen atoms in total. The molecule has 1 aliphatic carbocycles. The lowest BCUT2D eigenvalue weighted by molar-refractivity contribution is 0.213. The molecule has 128 valence electrons. The van der Waals surface area contributed by atoms with Gasteiger partial charge < -0.3 is 21.1 Å². The van der Waals surface area contributed by atoms with Crippen molar-refractivity contribution in [2.75, 3.05) is 13.2 Å². The number of carbonyl (C=O) groups is 1. The third kappa shape index (κ3) is 5.22. The van der Waals surface area contributed by atoms with Gasteiger partial charge in [0.25, 0.3) is 0 Å². The maximum atomic E-state index is 11.9. The van der Waals surface area contributed by atoms with Crippen molar-refractivity contribution in [1.82, 2.24) is 16.0 Å². The van der Waals surface area contributed by atoms with Crippen LogP contribution in [0, 0.1) is 0 Å². The van der Waals surface area contributed by atoms with Crippen LogP contribution in [0.1, 0.15) is 51.1 Å². The van der Waals surface area contributed by atoms with Gasteiger partial charge in [-0.3, -0.25) is 0 Å². The summed E-state index contributed by atoms with van der Waals surface area (Å²) >= 11 is 0. The standard InChI is InChI=1S/C18H29N3O2/c1-14(12-22)20-17(23)19-13-18(10-6-7-11-18)21-15(2)16-8-4-3-5-9-16/h3-5,8-9,14-15,21-22H,6-7,10-13H2,1-2H3,(H2,19,20,23). The molecule has 0 spiro atoms. The third-order valence-electron chi connectivity index (χ3n) is 4.62. The highest BCUT2D eigenvalue weighted by atomic mass is 16.3. The Labute approximate surface area is 138 Å². The molecule has 1 saturated carbocycles. The SMILES string of the molecule is CC(CO)NC(=O)NCC1(NC(C)c2ccccc2)CCCC1. The predicted octanol–water partition coefficient (Wildman–Crippen LogP) is 2.33. The number of hydrogen-bond acceptors (Lipinski definition) is 3. The van der Waals surface area contributed by atoms with E-state index in [2.05, 4.69) is 47.1 Å².